The van der Waals surface area contributed by atoms with E-state index in [1.54, 1.807) is 11.3 Å². The van der Waals surface area contributed by atoms with E-state index < -0.39 is 0 Å². The summed E-state index contributed by atoms with van der Waals surface area (Å²) in [5.74, 6) is 0.729. The van der Waals surface area contributed by atoms with Gasteiger partial charge in [0.15, 0.2) is 0 Å². The molecule has 0 spiro atoms. The topological polar surface area (TPSA) is 39.9 Å². The molecule has 0 radical (unpaired) electrons. The third kappa shape index (κ3) is 3.05. The maximum atomic E-state index is 8.96. The van der Waals surface area contributed by atoms with Crippen LogP contribution < -0.4 is 0 Å². The fourth-order valence-electron chi connectivity index (χ4n) is 2.27. The van der Waals surface area contributed by atoms with E-state index in [-0.39, 0.29) is 5.92 Å². The minimum absolute atomic E-state index is 0.125. The lowest BCUT2D eigenvalue weighted by atomic mass is 10.0. The van der Waals surface area contributed by atoms with Gasteiger partial charge >= 0.3 is 0 Å². The number of hydrogen-bond acceptors (Lipinski definition) is 4. The Bertz CT molecular complexity index is 407. The molecule has 2 unspecified atom stereocenters. The van der Waals surface area contributed by atoms with Crippen LogP contribution in [0.3, 0.4) is 0 Å². The highest BCUT2D eigenvalue weighted by Gasteiger charge is 2.23. The molecule has 2 atom stereocenters. The van der Waals surface area contributed by atoms with Gasteiger partial charge in [0.05, 0.1) is 22.7 Å². The van der Waals surface area contributed by atoms with E-state index in [4.69, 9.17) is 10.2 Å². The molecule has 0 aromatic carbocycles. The molecule has 1 aromatic rings. The second kappa shape index (κ2) is 5.61. The number of aromatic nitrogens is 1. The minimum atomic E-state index is 0.125. The van der Waals surface area contributed by atoms with Gasteiger partial charge in [0, 0.05) is 24.3 Å². The van der Waals surface area contributed by atoms with E-state index in [1.807, 2.05) is 0 Å². The Morgan fingerprint density at radius 2 is 2.53 bits per heavy atom. The van der Waals surface area contributed by atoms with Crippen LogP contribution in [0.25, 0.3) is 0 Å². The van der Waals surface area contributed by atoms with Crippen molar-refractivity contribution in [3.63, 3.8) is 0 Å². The van der Waals surface area contributed by atoms with Gasteiger partial charge in [0.25, 0.3) is 0 Å². The molecular weight excluding hydrogens is 230 g/mol. The quantitative estimate of drug-likeness (QED) is 0.823. The second-order valence-corrected chi connectivity index (χ2v) is 5.80. The monoisotopic (exact) mass is 249 g/mol. The number of nitrogens with zero attached hydrogens (tertiary/aromatic N) is 3. The van der Waals surface area contributed by atoms with Crippen molar-refractivity contribution in [1.82, 2.24) is 9.88 Å². The van der Waals surface area contributed by atoms with Crippen LogP contribution in [0, 0.1) is 17.2 Å². The van der Waals surface area contributed by atoms with Gasteiger partial charge in [-0.15, -0.1) is 11.3 Å². The van der Waals surface area contributed by atoms with Crippen LogP contribution in [0.2, 0.25) is 0 Å². The van der Waals surface area contributed by atoms with Crippen molar-refractivity contribution in [3.05, 3.63) is 16.1 Å². The SMILES string of the molecule is CCC(C#N)Cc1nc(C2CCN(C)C2)cs1. The summed E-state index contributed by atoms with van der Waals surface area (Å²) in [5, 5.41) is 12.3. The molecule has 92 valence electrons. The molecule has 1 aliphatic heterocycles. The van der Waals surface area contributed by atoms with Crippen LogP contribution in [0.15, 0.2) is 5.38 Å². The summed E-state index contributed by atoms with van der Waals surface area (Å²) in [4.78, 5) is 7.06. The summed E-state index contributed by atoms with van der Waals surface area (Å²) in [6, 6.07) is 2.34. The molecule has 3 nitrogen and oxygen atoms in total. The molecule has 0 saturated carbocycles. The lowest BCUT2D eigenvalue weighted by Gasteiger charge is -2.07. The maximum absolute atomic E-state index is 8.96. The standard InChI is InChI=1S/C13H19N3S/c1-3-10(7-14)6-13-15-12(9-17-13)11-4-5-16(2)8-11/h9-11H,3-6,8H2,1-2H3. The smallest absolute Gasteiger partial charge is 0.0941 e. The van der Waals surface area contributed by atoms with Gasteiger partial charge in [-0.25, -0.2) is 4.98 Å². The number of rotatable bonds is 4. The molecule has 1 aromatic heterocycles. The van der Waals surface area contributed by atoms with Gasteiger partial charge in [-0.05, 0) is 26.4 Å². The molecular formula is C13H19N3S. The first kappa shape index (κ1) is 12.5. The van der Waals surface area contributed by atoms with Crippen LogP contribution in [-0.4, -0.2) is 30.0 Å². The zero-order valence-electron chi connectivity index (χ0n) is 10.5. The predicted molar refractivity (Wildman–Crippen MR) is 70.1 cm³/mol. The van der Waals surface area contributed by atoms with Crippen LogP contribution in [0.1, 0.15) is 36.4 Å². The summed E-state index contributed by atoms with van der Waals surface area (Å²) in [6.45, 7) is 4.36. The predicted octanol–water partition coefficient (Wildman–Crippen LogP) is 2.65. The molecule has 2 heterocycles. The average Bonchev–Trinajstić information content (AvgIpc) is 2.94. The number of thiazole rings is 1. The summed E-state index contributed by atoms with van der Waals surface area (Å²) >= 11 is 1.72. The summed E-state index contributed by atoms with van der Waals surface area (Å²) in [5.41, 5.74) is 1.24. The van der Waals surface area contributed by atoms with Crippen LogP contribution >= 0.6 is 11.3 Å². The Kier molecular flexibility index (Phi) is 4.14. The molecule has 0 N–H and O–H groups in total. The van der Waals surface area contributed by atoms with Crippen molar-refractivity contribution in [1.29, 1.82) is 5.26 Å². The molecule has 1 fully saturated rings. The number of likely N-dealkylation sites (tertiary alicyclic amines) is 1. The largest absolute Gasteiger partial charge is 0.306 e. The Morgan fingerprint density at radius 3 is 3.12 bits per heavy atom. The number of hydrogen-bond donors (Lipinski definition) is 0. The van der Waals surface area contributed by atoms with Crippen LogP contribution in [0.5, 0.6) is 0 Å². The van der Waals surface area contributed by atoms with E-state index >= 15 is 0 Å². The Morgan fingerprint density at radius 1 is 1.71 bits per heavy atom. The van der Waals surface area contributed by atoms with Gasteiger partial charge in [0.2, 0.25) is 0 Å². The van der Waals surface area contributed by atoms with Crippen molar-refractivity contribution >= 4 is 11.3 Å². The molecule has 1 aliphatic rings. The summed E-state index contributed by atoms with van der Waals surface area (Å²) < 4.78 is 0. The summed E-state index contributed by atoms with van der Waals surface area (Å²) in [6.07, 6.45) is 2.95. The fourth-order valence-corrected chi connectivity index (χ4v) is 3.23. The van der Waals surface area contributed by atoms with E-state index in [9.17, 15) is 0 Å². The number of nitriles is 1. The van der Waals surface area contributed by atoms with Crippen molar-refractivity contribution in [3.8, 4) is 6.07 Å². The zero-order chi connectivity index (χ0) is 12.3. The molecule has 17 heavy (non-hydrogen) atoms. The number of likely N-dealkylation sites (N-methyl/N-ethyl adjacent to an activating group) is 1. The Labute approximate surface area is 107 Å². The molecule has 4 heteroatoms. The Hall–Kier alpha value is -0.920. The summed E-state index contributed by atoms with van der Waals surface area (Å²) in [7, 11) is 2.16. The minimum Gasteiger partial charge on any atom is -0.306 e. The molecule has 0 amide bonds. The van der Waals surface area contributed by atoms with Gasteiger partial charge in [0.1, 0.15) is 0 Å². The highest BCUT2D eigenvalue weighted by Crippen LogP contribution is 2.28. The van der Waals surface area contributed by atoms with Crippen molar-refractivity contribution < 1.29 is 0 Å². The maximum Gasteiger partial charge on any atom is 0.0941 e. The Balaban J connectivity index is 1.99. The van der Waals surface area contributed by atoms with Crippen LogP contribution in [-0.2, 0) is 6.42 Å². The molecule has 0 bridgehead atoms. The van der Waals surface area contributed by atoms with Gasteiger partial charge in [-0.1, -0.05) is 6.92 Å². The van der Waals surface area contributed by atoms with Gasteiger partial charge in [-0.2, -0.15) is 5.26 Å². The van der Waals surface area contributed by atoms with Gasteiger partial charge < -0.3 is 4.90 Å². The van der Waals surface area contributed by atoms with Crippen molar-refractivity contribution in [2.24, 2.45) is 5.92 Å². The van der Waals surface area contributed by atoms with Crippen molar-refractivity contribution in [2.45, 2.75) is 32.1 Å². The molecule has 1 saturated heterocycles. The third-order valence-corrected chi connectivity index (χ3v) is 4.36. The highest BCUT2D eigenvalue weighted by atomic mass is 32.1. The first-order valence-corrected chi connectivity index (χ1v) is 7.13. The molecule has 2 rings (SSSR count). The normalized spacial score (nSPS) is 22.5. The van der Waals surface area contributed by atoms with E-state index in [1.165, 1.54) is 18.7 Å². The fraction of sp³-hybridized carbons (Fsp3) is 0.692. The zero-order valence-corrected chi connectivity index (χ0v) is 11.3. The van der Waals surface area contributed by atoms with E-state index in [0.29, 0.717) is 5.92 Å². The second-order valence-electron chi connectivity index (χ2n) is 4.85. The third-order valence-electron chi connectivity index (χ3n) is 3.48. The van der Waals surface area contributed by atoms with Crippen molar-refractivity contribution in [2.75, 3.05) is 20.1 Å². The highest BCUT2D eigenvalue weighted by molar-refractivity contribution is 7.09. The first-order valence-electron chi connectivity index (χ1n) is 6.25. The molecule has 0 aliphatic carbocycles. The van der Waals surface area contributed by atoms with E-state index in [2.05, 4.69) is 30.3 Å². The lowest BCUT2D eigenvalue weighted by molar-refractivity contribution is 0.411. The van der Waals surface area contributed by atoms with E-state index in [0.717, 1.165) is 24.4 Å². The van der Waals surface area contributed by atoms with Gasteiger partial charge in [-0.3, -0.25) is 0 Å². The average molecular weight is 249 g/mol. The first-order chi connectivity index (χ1) is 8.22. The van der Waals surface area contributed by atoms with Crippen LogP contribution in [0.4, 0.5) is 0 Å². The lowest BCUT2D eigenvalue weighted by Crippen LogP contribution is -2.13.